The van der Waals surface area contributed by atoms with E-state index < -0.39 is 24.3 Å². The molecule has 0 aromatic carbocycles. The minimum absolute atomic E-state index is 0.145. The third-order valence-corrected chi connectivity index (χ3v) is 16.9. The van der Waals surface area contributed by atoms with Crippen LogP contribution >= 0.6 is 0 Å². The number of carbonyl (C=O) groups excluding carboxylic acids is 3. The van der Waals surface area contributed by atoms with Crippen molar-refractivity contribution in [1.29, 1.82) is 0 Å². The van der Waals surface area contributed by atoms with Crippen LogP contribution < -0.4 is 5.11 Å². The first-order valence-electron chi connectivity index (χ1n) is 39.3. The predicted molar refractivity (Wildman–Crippen MR) is 407 cm³/mol. The monoisotopic (exact) mass is 1320 g/mol. The fourth-order valence-corrected chi connectivity index (χ4v) is 11.0. The number of rotatable bonds is 72. The molecular weight excluding hydrogens is 1170 g/mol. The summed E-state index contributed by atoms with van der Waals surface area (Å²) in [5, 5.41) is 11.9. The van der Waals surface area contributed by atoms with Gasteiger partial charge in [0.25, 0.3) is 0 Å². The molecule has 9 nitrogen and oxygen atoms in total. The van der Waals surface area contributed by atoms with Crippen LogP contribution in [0.5, 0.6) is 0 Å². The van der Waals surface area contributed by atoms with Gasteiger partial charge in [0.2, 0.25) is 0 Å². The van der Waals surface area contributed by atoms with Crippen molar-refractivity contribution in [3.8, 4) is 0 Å². The third-order valence-electron chi connectivity index (χ3n) is 16.9. The molecule has 0 radical (unpaired) electrons. The number of carbonyl (C=O) groups is 3. The highest BCUT2D eigenvalue weighted by Crippen LogP contribution is 2.18. The van der Waals surface area contributed by atoms with Crippen molar-refractivity contribution in [1.82, 2.24) is 0 Å². The van der Waals surface area contributed by atoms with Gasteiger partial charge in [-0.25, -0.2) is 0 Å². The lowest BCUT2D eigenvalue weighted by atomic mass is 10.0. The Morgan fingerprint density at radius 3 is 0.842 bits per heavy atom. The van der Waals surface area contributed by atoms with Gasteiger partial charge in [-0.1, -0.05) is 347 Å². The number of carboxylic acids is 1. The summed E-state index contributed by atoms with van der Waals surface area (Å²) >= 11 is 0. The number of aliphatic carboxylic acids is 1. The number of nitrogens with zero attached hydrogens (tertiary/aromatic N) is 1. The van der Waals surface area contributed by atoms with Crippen LogP contribution in [-0.4, -0.2) is 82.3 Å². The largest absolute Gasteiger partial charge is 0.545 e. The second kappa shape index (κ2) is 75.2. The number of ether oxygens (including phenoxy) is 4. The summed E-state index contributed by atoms with van der Waals surface area (Å²) in [5.41, 5.74) is 0. The van der Waals surface area contributed by atoms with Gasteiger partial charge in [0, 0.05) is 12.8 Å². The van der Waals surface area contributed by atoms with E-state index in [1.807, 2.05) is 21.1 Å². The molecule has 0 amide bonds. The highest BCUT2D eigenvalue weighted by Gasteiger charge is 2.22. The van der Waals surface area contributed by atoms with Gasteiger partial charge in [-0.05, 0) is 109 Å². The number of carboxylic acid groups (broad SMARTS) is 1. The Labute approximate surface area is 586 Å². The fraction of sp³-hybridized carbons (Fsp3) is 0.709. The summed E-state index contributed by atoms with van der Waals surface area (Å²) in [6, 6.07) is 0. The van der Waals surface area contributed by atoms with E-state index in [1.165, 1.54) is 199 Å². The Kier molecular flexibility index (Phi) is 71.6. The Balaban J connectivity index is 4.03. The lowest BCUT2D eigenvalue weighted by Crippen LogP contribution is -2.44. The molecule has 0 saturated carbocycles. The van der Waals surface area contributed by atoms with Crippen LogP contribution in [0.4, 0.5) is 0 Å². The Morgan fingerprint density at radius 2 is 0.568 bits per heavy atom. The highest BCUT2D eigenvalue weighted by molar-refractivity contribution is 5.70. The second-order valence-corrected chi connectivity index (χ2v) is 27.2. The lowest BCUT2D eigenvalue weighted by Gasteiger charge is -2.26. The predicted octanol–water partition coefficient (Wildman–Crippen LogP) is 23.9. The molecule has 0 aliphatic rings. The zero-order valence-corrected chi connectivity index (χ0v) is 62.3. The van der Waals surface area contributed by atoms with E-state index in [0.29, 0.717) is 17.4 Å². The van der Waals surface area contributed by atoms with Crippen LogP contribution in [0.2, 0.25) is 0 Å². The molecule has 0 aromatic rings. The molecule has 0 aliphatic heterocycles. The van der Waals surface area contributed by atoms with Crippen molar-refractivity contribution >= 4 is 17.9 Å². The maximum Gasteiger partial charge on any atom is 0.306 e. The van der Waals surface area contributed by atoms with E-state index in [-0.39, 0.29) is 38.6 Å². The zero-order chi connectivity index (χ0) is 69.0. The molecule has 2 atom stereocenters. The second-order valence-electron chi connectivity index (χ2n) is 27.2. The molecule has 0 bridgehead atoms. The summed E-state index contributed by atoms with van der Waals surface area (Å²) in [6.07, 6.45) is 106. The quantitative estimate of drug-likeness (QED) is 0.0195. The van der Waals surface area contributed by atoms with E-state index in [2.05, 4.69) is 148 Å². The smallest absolute Gasteiger partial charge is 0.306 e. The number of esters is 2. The van der Waals surface area contributed by atoms with Gasteiger partial charge in [-0.2, -0.15) is 0 Å². The van der Waals surface area contributed by atoms with E-state index in [0.717, 1.165) is 103 Å². The van der Waals surface area contributed by atoms with Gasteiger partial charge < -0.3 is 33.3 Å². The van der Waals surface area contributed by atoms with Gasteiger partial charge in [0.05, 0.1) is 40.3 Å². The van der Waals surface area contributed by atoms with E-state index in [9.17, 15) is 19.5 Å². The summed E-state index contributed by atoms with van der Waals surface area (Å²) in [5.74, 6) is -2.27. The third kappa shape index (κ3) is 76.7. The number of hydrogen-bond acceptors (Lipinski definition) is 8. The average molecular weight is 1320 g/mol. The maximum absolute atomic E-state index is 13.0. The number of quaternary nitrogens is 1. The Hall–Kier alpha value is -4.57. The van der Waals surface area contributed by atoms with Gasteiger partial charge in [-0.3, -0.25) is 9.59 Å². The van der Waals surface area contributed by atoms with E-state index in [1.54, 1.807) is 0 Å². The first-order valence-corrected chi connectivity index (χ1v) is 39.3. The molecule has 0 aromatic heterocycles. The first kappa shape index (κ1) is 90.4. The standard InChI is InChI=1S/C86H147NO8/c1-6-8-10-12-14-16-18-20-22-24-26-28-30-32-34-36-38-39-40-41-42-43-44-45-47-49-51-53-55-57-59-61-63-65-67-69-71-73-75-77-84(89)95-82(81-94-86(85(90)91)92-79-78-87(3,4)5)80-93-83(88)76-74-72-70-68-66-64-62-60-58-56-54-52-50-48-46-37-35-33-31-29-27-25-23-21-19-17-15-13-11-9-7-2/h8-11,14-17,20-23,26-29,32-35,38-39,82,86H,6-7,12-13,18-19,24-25,30-31,36-37,40-81H2,1-5H3/b10-8-,11-9-,16-14-,17-15-,22-20-,23-21-,28-26-,29-27-,34-32-,35-33-,39-38-. The molecule has 9 heteroatoms. The Morgan fingerprint density at radius 1 is 0.316 bits per heavy atom. The summed E-state index contributed by atoms with van der Waals surface area (Å²) in [4.78, 5) is 37.6. The number of unbranched alkanes of at least 4 members (excludes halogenated alkanes) is 35. The number of allylic oxidation sites excluding steroid dienone is 22. The van der Waals surface area contributed by atoms with Crippen molar-refractivity contribution in [3.05, 3.63) is 134 Å². The van der Waals surface area contributed by atoms with Gasteiger partial charge in [0.1, 0.15) is 13.2 Å². The number of hydrogen-bond donors (Lipinski definition) is 0. The summed E-state index contributed by atoms with van der Waals surface area (Å²) < 4.78 is 22.9. The molecule has 544 valence electrons. The van der Waals surface area contributed by atoms with Gasteiger partial charge in [0.15, 0.2) is 12.4 Å². The zero-order valence-electron chi connectivity index (χ0n) is 62.3. The van der Waals surface area contributed by atoms with Gasteiger partial charge >= 0.3 is 11.9 Å². The number of likely N-dealkylation sites (N-methyl/N-ethyl adjacent to an activating group) is 1. The molecule has 0 fully saturated rings. The van der Waals surface area contributed by atoms with Crippen LogP contribution in [0.15, 0.2) is 134 Å². The van der Waals surface area contributed by atoms with Crippen molar-refractivity contribution in [2.45, 2.75) is 347 Å². The van der Waals surface area contributed by atoms with E-state index in [4.69, 9.17) is 18.9 Å². The van der Waals surface area contributed by atoms with Crippen molar-refractivity contribution in [2.24, 2.45) is 0 Å². The minimum atomic E-state index is -1.63. The summed E-state index contributed by atoms with van der Waals surface area (Å²) in [7, 11) is 5.94. The average Bonchev–Trinajstić information content (AvgIpc) is 2.92. The molecule has 2 unspecified atom stereocenters. The molecule has 0 spiro atoms. The maximum atomic E-state index is 13.0. The first-order chi connectivity index (χ1) is 46.6. The van der Waals surface area contributed by atoms with E-state index >= 15 is 0 Å². The Bertz CT molecular complexity index is 2030. The SMILES string of the molecule is CC/C=C\C/C=C\C/C=C\C/C=C\C/C=C\C/C=C\CCCCCCCCCCCCCCCCCCCCCCC(=O)OC(COC(=O)CCCCCCCCCCCCCCCCC/C=C\C/C=C\C/C=C\C/C=C\C/C=C\CC)COC(OCC[N+](C)(C)C)C(=O)[O-]. The minimum Gasteiger partial charge on any atom is -0.545 e. The van der Waals surface area contributed by atoms with Gasteiger partial charge in [-0.15, -0.1) is 0 Å². The molecular formula is C86H147NO8. The van der Waals surface area contributed by atoms with Crippen molar-refractivity contribution < 1.29 is 42.9 Å². The molecule has 0 aliphatic carbocycles. The highest BCUT2D eigenvalue weighted by atomic mass is 16.7. The van der Waals surface area contributed by atoms with Crippen LogP contribution in [0.25, 0.3) is 0 Å². The van der Waals surface area contributed by atoms with Crippen LogP contribution in [0.1, 0.15) is 335 Å². The fourth-order valence-electron chi connectivity index (χ4n) is 11.0. The topological polar surface area (TPSA) is 111 Å². The van der Waals surface area contributed by atoms with Crippen molar-refractivity contribution in [3.63, 3.8) is 0 Å². The van der Waals surface area contributed by atoms with Crippen LogP contribution in [0, 0.1) is 0 Å². The molecule has 0 saturated heterocycles. The summed E-state index contributed by atoms with van der Waals surface area (Å²) in [6.45, 7) is 4.55. The normalized spacial score (nSPS) is 13.4. The molecule has 95 heavy (non-hydrogen) atoms. The molecule has 0 rings (SSSR count). The molecule has 0 heterocycles. The molecule has 0 N–H and O–H groups in total. The van der Waals surface area contributed by atoms with Crippen molar-refractivity contribution in [2.75, 3.05) is 47.5 Å². The van der Waals surface area contributed by atoms with Crippen LogP contribution in [0.3, 0.4) is 0 Å². The van der Waals surface area contributed by atoms with Crippen LogP contribution in [-0.2, 0) is 33.3 Å². The lowest BCUT2D eigenvalue weighted by molar-refractivity contribution is -0.870.